The summed E-state index contributed by atoms with van der Waals surface area (Å²) < 4.78 is 5.40. The molecule has 2 heterocycles. The Balaban J connectivity index is 1.31. The first-order chi connectivity index (χ1) is 12.3. The van der Waals surface area contributed by atoms with Crippen LogP contribution in [0.2, 0.25) is 0 Å². The van der Waals surface area contributed by atoms with Gasteiger partial charge in [-0.1, -0.05) is 23.4 Å². The summed E-state index contributed by atoms with van der Waals surface area (Å²) in [6.07, 6.45) is 8.27. The Morgan fingerprint density at radius 1 is 1.16 bits per heavy atom. The van der Waals surface area contributed by atoms with Crippen LogP contribution in [0.25, 0.3) is 0 Å². The maximum Gasteiger partial charge on any atom is 0.229 e. The van der Waals surface area contributed by atoms with Gasteiger partial charge >= 0.3 is 0 Å². The van der Waals surface area contributed by atoms with Crippen molar-refractivity contribution in [1.82, 2.24) is 15.0 Å². The van der Waals surface area contributed by atoms with E-state index in [0.29, 0.717) is 18.2 Å². The first-order valence-corrected chi connectivity index (χ1v) is 9.51. The van der Waals surface area contributed by atoms with Gasteiger partial charge in [-0.05, 0) is 61.6 Å². The number of nitrogens with zero attached hydrogens (tertiary/aromatic N) is 3. The largest absolute Gasteiger partial charge is 0.339 e. The summed E-state index contributed by atoms with van der Waals surface area (Å²) in [5.41, 5.74) is 4.01. The van der Waals surface area contributed by atoms with Crippen LogP contribution in [0.1, 0.15) is 72.5 Å². The van der Waals surface area contributed by atoms with E-state index >= 15 is 0 Å². The minimum atomic E-state index is -0.0156. The lowest BCUT2D eigenvalue weighted by atomic mass is 10.0. The molecule has 2 aromatic rings. The molecule has 5 nitrogen and oxygen atoms in total. The van der Waals surface area contributed by atoms with E-state index in [9.17, 15) is 4.79 Å². The number of fused-ring (bicyclic) bond motifs is 1. The van der Waals surface area contributed by atoms with Gasteiger partial charge in [0.25, 0.3) is 0 Å². The summed E-state index contributed by atoms with van der Waals surface area (Å²) in [7, 11) is 0. The van der Waals surface area contributed by atoms with Gasteiger partial charge in [0.1, 0.15) is 0 Å². The molecule has 1 amide bonds. The first-order valence-electron chi connectivity index (χ1n) is 9.51. The number of hydrogen-bond acceptors (Lipinski definition) is 4. The summed E-state index contributed by atoms with van der Waals surface area (Å²) in [5.74, 6) is 2.09. The third kappa shape index (κ3) is 2.86. The monoisotopic (exact) mass is 337 g/mol. The van der Waals surface area contributed by atoms with Crippen molar-refractivity contribution in [3.8, 4) is 0 Å². The molecule has 130 valence electrons. The van der Waals surface area contributed by atoms with Gasteiger partial charge in [0, 0.05) is 12.5 Å². The topological polar surface area (TPSA) is 59.2 Å². The lowest BCUT2D eigenvalue weighted by molar-refractivity contribution is -0.131. The van der Waals surface area contributed by atoms with Crippen molar-refractivity contribution in [2.75, 3.05) is 6.54 Å². The number of likely N-dealkylation sites (tertiary alicyclic amines) is 1. The minimum absolute atomic E-state index is 0.0156. The van der Waals surface area contributed by atoms with Gasteiger partial charge in [-0.2, -0.15) is 4.98 Å². The van der Waals surface area contributed by atoms with Gasteiger partial charge in [0.05, 0.1) is 12.5 Å². The van der Waals surface area contributed by atoms with E-state index < -0.39 is 0 Å². The fraction of sp³-hybridized carbons (Fsp3) is 0.550. The maximum absolute atomic E-state index is 12.9. The average molecular weight is 337 g/mol. The number of carbonyl (C=O) groups is 1. The highest BCUT2D eigenvalue weighted by atomic mass is 16.5. The van der Waals surface area contributed by atoms with Crippen molar-refractivity contribution < 1.29 is 9.32 Å². The Morgan fingerprint density at radius 3 is 2.92 bits per heavy atom. The number of hydrogen-bond donors (Lipinski definition) is 0. The van der Waals surface area contributed by atoms with E-state index in [1.165, 1.54) is 24.0 Å². The van der Waals surface area contributed by atoms with Crippen molar-refractivity contribution >= 4 is 5.91 Å². The standard InChI is InChI=1S/C20H23N3O2/c24-18(12-13-6-7-14-3-1-4-16(14)11-13)23-10-2-5-17(23)19-21-20(25-22-19)15-8-9-15/h6-7,11,15,17H,1-5,8-10,12H2/t17-/m1/s1. The fourth-order valence-electron chi connectivity index (χ4n) is 4.22. The van der Waals surface area contributed by atoms with Crippen molar-refractivity contribution in [2.24, 2.45) is 0 Å². The van der Waals surface area contributed by atoms with Gasteiger partial charge in [0.15, 0.2) is 5.82 Å². The summed E-state index contributed by atoms with van der Waals surface area (Å²) in [6, 6.07) is 6.53. The quantitative estimate of drug-likeness (QED) is 0.858. The summed E-state index contributed by atoms with van der Waals surface area (Å²) >= 11 is 0. The highest BCUT2D eigenvalue weighted by Gasteiger charge is 2.36. The third-order valence-electron chi connectivity index (χ3n) is 5.77. The van der Waals surface area contributed by atoms with E-state index in [4.69, 9.17) is 4.52 Å². The number of amides is 1. The first kappa shape index (κ1) is 15.1. The molecule has 1 aromatic carbocycles. The minimum Gasteiger partial charge on any atom is -0.339 e. The Kier molecular flexibility index (Phi) is 3.61. The summed E-state index contributed by atoms with van der Waals surface area (Å²) in [5, 5.41) is 4.17. The fourth-order valence-corrected chi connectivity index (χ4v) is 4.22. The third-order valence-corrected chi connectivity index (χ3v) is 5.77. The zero-order chi connectivity index (χ0) is 16.8. The van der Waals surface area contributed by atoms with Gasteiger partial charge in [-0.3, -0.25) is 4.79 Å². The number of rotatable bonds is 4. The van der Waals surface area contributed by atoms with Crippen LogP contribution in [0, 0.1) is 0 Å². The molecule has 5 rings (SSSR count). The zero-order valence-corrected chi connectivity index (χ0v) is 14.4. The van der Waals surface area contributed by atoms with Crippen LogP contribution in [0.5, 0.6) is 0 Å². The molecule has 2 fully saturated rings. The Labute approximate surface area is 147 Å². The van der Waals surface area contributed by atoms with E-state index in [2.05, 4.69) is 28.3 Å². The molecule has 3 aliphatic rings. The predicted molar refractivity (Wildman–Crippen MR) is 92.1 cm³/mol. The molecule has 1 aliphatic heterocycles. The Bertz CT molecular complexity index is 809. The van der Waals surface area contributed by atoms with Crippen molar-refractivity contribution in [1.29, 1.82) is 0 Å². The van der Waals surface area contributed by atoms with Crippen LogP contribution in [-0.2, 0) is 24.1 Å². The lowest BCUT2D eigenvalue weighted by Gasteiger charge is -2.22. The highest BCUT2D eigenvalue weighted by molar-refractivity contribution is 5.79. The van der Waals surface area contributed by atoms with Gasteiger partial charge < -0.3 is 9.42 Å². The van der Waals surface area contributed by atoms with Gasteiger partial charge in [0.2, 0.25) is 11.8 Å². The molecule has 25 heavy (non-hydrogen) atoms. The molecular weight excluding hydrogens is 314 g/mol. The van der Waals surface area contributed by atoms with Crippen LogP contribution < -0.4 is 0 Å². The number of carbonyl (C=O) groups excluding carboxylic acids is 1. The molecule has 2 aliphatic carbocycles. The van der Waals surface area contributed by atoms with E-state index in [0.717, 1.165) is 50.1 Å². The van der Waals surface area contributed by atoms with Crippen LogP contribution in [0.3, 0.4) is 0 Å². The van der Waals surface area contributed by atoms with Crippen LogP contribution in [-0.4, -0.2) is 27.5 Å². The highest BCUT2D eigenvalue weighted by Crippen LogP contribution is 2.40. The van der Waals surface area contributed by atoms with Crippen LogP contribution in [0.4, 0.5) is 0 Å². The summed E-state index contributed by atoms with van der Waals surface area (Å²) in [4.78, 5) is 19.4. The molecule has 0 bridgehead atoms. The second kappa shape index (κ2) is 5.97. The second-order valence-electron chi connectivity index (χ2n) is 7.64. The SMILES string of the molecule is O=C(Cc1ccc2c(c1)CCC2)N1CCC[C@@H]1c1noc(C2CC2)n1. The Hall–Kier alpha value is -2.17. The van der Waals surface area contributed by atoms with Crippen LogP contribution >= 0.6 is 0 Å². The van der Waals surface area contributed by atoms with Crippen LogP contribution in [0.15, 0.2) is 22.7 Å². The maximum atomic E-state index is 12.9. The van der Waals surface area contributed by atoms with Gasteiger partial charge in [-0.15, -0.1) is 0 Å². The smallest absolute Gasteiger partial charge is 0.229 e. The van der Waals surface area contributed by atoms with Crippen molar-refractivity contribution in [2.45, 2.75) is 63.3 Å². The molecule has 0 spiro atoms. The van der Waals surface area contributed by atoms with Gasteiger partial charge in [-0.25, -0.2) is 0 Å². The van der Waals surface area contributed by atoms with E-state index in [-0.39, 0.29) is 11.9 Å². The number of aromatic nitrogens is 2. The zero-order valence-electron chi connectivity index (χ0n) is 14.4. The van der Waals surface area contributed by atoms with E-state index in [1.807, 2.05) is 4.90 Å². The average Bonchev–Trinajstić information content (AvgIpc) is 3.06. The van der Waals surface area contributed by atoms with E-state index in [1.54, 1.807) is 0 Å². The molecule has 0 radical (unpaired) electrons. The summed E-state index contributed by atoms with van der Waals surface area (Å²) in [6.45, 7) is 0.793. The molecular formula is C20H23N3O2. The molecule has 1 saturated carbocycles. The molecule has 1 atom stereocenters. The second-order valence-corrected chi connectivity index (χ2v) is 7.64. The normalized spacial score (nSPS) is 22.4. The Morgan fingerprint density at radius 2 is 2.04 bits per heavy atom. The molecule has 1 aromatic heterocycles. The van der Waals surface area contributed by atoms with Crippen molar-refractivity contribution in [3.05, 3.63) is 46.6 Å². The molecule has 1 saturated heterocycles. The molecule has 0 unspecified atom stereocenters. The number of benzene rings is 1. The molecule has 5 heteroatoms. The van der Waals surface area contributed by atoms with Crippen molar-refractivity contribution in [3.63, 3.8) is 0 Å². The lowest BCUT2D eigenvalue weighted by Crippen LogP contribution is -2.32. The predicted octanol–water partition coefficient (Wildman–Crippen LogP) is 3.34. The number of aryl methyl sites for hydroxylation is 2. The molecule has 0 N–H and O–H groups in total.